The van der Waals surface area contributed by atoms with E-state index in [0.717, 1.165) is 58.9 Å². The van der Waals surface area contributed by atoms with Crippen molar-refractivity contribution >= 4 is 5.71 Å². The Labute approximate surface area is 225 Å². The molecule has 0 saturated carbocycles. The zero-order valence-corrected chi connectivity index (χ0v) is 22.0. The first kappa shape index (κ1) is 26.3. The molecule has 0 fully saturated rings. The molecule has 0 aliphatic carbocycles. The molecule has 0 radical (unpaired) electrons. The van der Waals surface area contributed by atoms with Gasteiger partial charge in [0.1, 0.15) is 6.17 Å². The standard InChI is InChI=1S/C31H30F2N4O2/c1-3-4-12-28-24(19-37(20(2)34-28)18-23-8-7-11-27(32)29(23)33)17-21-13-15-22(16-14-21)25-9-5-6-10-26(25)30-35-31(38)39-36-30/h5-11,13-16,19-20H,3-4,12,17-18H2,1-2H3,(H,35,36,38). The molecular formula is C31H30F2N4O2. The fraction of sp³-hybridized carbons (Fsp3) is 0.258. The average molecular weight is 529 g/mol. The molecule has 8 heteroatoms. The molecule has 2 heterocycles. The molecule has 0 saturated heterocycles. The van der Waals surface area contributed by atoms with Crippen molar-refractivity contribution in [1.82, 2.24) is 15.0 Å². The van der Waals surface area contributed by atoms with Crippen molar-refractivity contribution in [2.75, 3.05) is 0 Å². The number of halogens is 2. The first-order valence-corrected chi connectivity index (χ1v) is 13.1. The number of hydrogen-bond donors (Lipinski definition) is 1. The van der Waals surface area contributed by atoms with E-state index in [-0.39, 0.29) is 12.7 Å². The quantitative estimate of drug-likeness (QED) is 0.257. The van der Waals surface area contributed by atoms with Crippen LogP contribution in [-0.4, -0.2) is 26.9 Å². The Kier molecular flexibility index (Phi) is 7.81. The van der Waals surface area contributed by atoms with Gasteiger partial charge in [-0.05, 0) is 48.1 Å². The summed E-state index contributed by atoms with van der Waals surface area (Å²) in [4.78, 5) is 21.0. The summed E-state index contributed by atoms with van der Waals surface area (Å²) in [5, 5.41) is 3.84. The van der Waals surface area contributed by atoms with Crippen LogP contribution in [0.5, 0.6) is 0 Å². The van der Waals surface area contributed by atoms with Crippen molar-refractivity contribution in [1.29, 1.82) is 0 Å². The Hall–Kier alpha value is -4.33. The number of nitrogens with one attached hydrogen (secondary N) is 1. The Bertz CT molecular complexity index is 1570. The fourth-order valence-corrected chi connectivity index (χ4v) is 4.84. The van der Waals surface area contributed by atoms with Crippen LogP contribution in [0.25, 0.3) is 22.5 Å². The Morgan fingerprint density at radius 2 is 1.77 bits per heavy atom. The van der Waals surface area contributed by atoms with Gasteiger partial charge in [-0.15, -0.1) is 0 Å². The van der Waals surface area contributed by atoms with Gasteiger partial charge < -0.3 is 4.90 Å². The first-order chi connectivity index (χ1) is 18.9. The summed E-state index contributed by atoms with van der Waals surface area (Å²) >= 11 is 0. The summed E-state index contributed by atoms with van der Waals surface area (Å²) in [6.45, 7) is 4.37. The molecule has 0 bridgehead atoms. The number of nitrogens with zero attached hydrogens (tertiary/aromatic N) is 3. The minimum Gasteiger partial charge on any atom is -0.351 e. The van der Waals surface area contributed by atoms with Crippen molar-refractivity contribution in [3.63, 3.8) is 0 Å². The summed E-state index contributed by atoms with van der Waals surface area (Å²) in [7, 11) is 0. The van der Waals surface area contributed by atoms with E-state index in [1.54, 1.807) is 6.07 Å². The van der Waals surface area contributed by atoms with Crippen LogP contribution in [0.1, 0.15) is 44.2 Å². The Morgan fingerprint density at radius 1 is 1.00 bits per heavy atom. The van der Waals surface area contributed by atoms with Crippen molar-refractivity contribution in [2.45, 2.75) is 52.2 Å². The van der Waals surface area contributed by atoms with Gasteiger partial charge in [-0.1, -0.05) is 79.2 Å². The highest BCUT2D eigenvalue weighted by Gasteiger charge is 2.22. The van der Waals surface area contributed by atoms with Crippen molar-refractivity contribution in [2.24, 2.45) is 4.99 Å². The summed E-state index contributed by atoms with van der Waals surface area (Å²) in [6.07, 6.45) is 5.50. The second-order valence-corrected chi connectivity index (χ2v) is 9.71. The maximum absolute atomic E-state index is 14.4. The van der Waals surface area contributed by atoms with Crippen molar-refractivity contribution < 1.29 is 13.3 Å². The lowest BCUT2D eigenvalue weighted by Gasteiger charge is -2.32. The van der Waals surface area contributed by atoms with Crippen LogP contribution < -0.4 is 5.76 Å². The lowest BCUT2D eigenvalue weighted by molar-refractivity contribution is 0.281. The fourth-order valence-electron chi connectivity index (χ4n) is 4.84. The Balaban J connectivity index is 1.40. The van der Waals surface area contributed by atoms with E-state index in [1.807, 2.05) is 48.2 Å². The second-order valence-electron chi connectivity index (χ2n) is 9.71. The molecule has 3 aromatic carbocycles. The minimum atomic E-state index is -0.843. The van der Waals surface area contributed by atoms with Gasteiger partial charge in [-0.25, -0.2) is 13.6 Å². The first-order valence-electron chi connectivity index (χ1n) is 13.1. The van der Waals surface area contributed by atoms with E-state index in [4.69, 9.17) is 9.52 Å². The van der Waals surface area contributed by atoms with Gasteiger partial charge >= 0.3 is 5.76 Å². The molecule has 1 unspecified atom stereocenters. The summed E-state index contributed by atoms with van der Waals surface area (Å²) in [5.41, 5.74) is 6.22. The van der Waals surface area contributed by atoms with Crippen molar-refractivity contribution in [3.05, 3.63) is 112 Å². The molecule has 5 rings (SSSR count). The maximum atomic E-state index is 14.4. The third kappa shape index (κ3) is 5.90. The van der Waals surface area contributed by atoms with E-state index < -0.39 is 17.4 Å². The second kappa shape index (κ2) is 11.6. The molecule has 200 valence electrons. The number of hydrogen-bond acceptors (Lipinski definition) is 5. The van der Waals surface area contributed by atoms with Crippen LogP contribution in [0, 0.1) is 11.6 Å². The number of aromatic amines is 1. The van der Waals surface area contributed by atoms with E-state index in [0.29, 0.717) is 17.8 Å². The highest BCUT2D eigenvalue weighted by molar-refractivity contribution is 6.01. The molecular weight excluding hydrogens is 498 g/mol. The zero-order valence-electron chi connectivity index (χ0n) is 22.0. The molecule has 1 N–H and O–H groups in total. The number of aromatic nitrogens is 2. The molecule has 39 heavy (non-hydrogen) atoms. The van der Waals surface area contributed by atoms with E-state index >= 15 is 0 Å². The normalized spacial score (nSPS) is 15.3. The van der Waals surface area contributed by atoms with Crippen LogP contribution in [0.4, 0.5) is 8.78 Å². The molecule has 0 amide bonds. The van der Waals surface area contributed by atoms with E-state index in [1.165, 1.54) is 6.07 Å². The lowest BCUT2D eigenvalue weighted by atomic mass is 9.94. The number of rotatable bonds is 9. The zero-order chi connectivity index (χ0) is 27.4. The SMILES string of the molecule is CCCCC1=NC(C)N(Cc2cccc(F)c2F)C=C1Cc1ccc(-c2ccccc2-c2noc(=O)[nH]2)cc1. The number of unbranched alkanes of at least 4 members (excludes halogenated alkanes) is 1. The highest BCUT2D eigenvalue weighted by atomic mass is 19.2. The van der Waals surface area contributed by atoms with Crippen LogP contribution in [0.3, 0.4) is 0 Å². The van der Waals surface area contributed by atoms with Gasteiger partial charge in [0.15, 0.2) is 17.5 Å². The third-order valence-corrected chi connectivity index (χ3v) is 6.95. The van der Waals surface area contributed by atoms with Gasteiger partial charge in [0.2, 0.25) is 0 Å². The highest BCUT2D eigenvalue weighted by Crippen LogP contribution is 2.31. The molecule has 1 aliphatic rings. The van der Waals surface area contributed by atoms with E-state index in [9.17, 15) is 13.6 Å². The number of allylic oxidation sites excluding steroid dienone is 1. The lowest BCUT2D eigenvalue weighted by Crippen LogP contribution is -2.33. The minimum absolute atomic E-state index is 0.176. The maximum Gasteiger partial charge on any atom is 0.439 e. The number of benzene rings is 3. The van der Waals surface area contributed by atoms with Crippen LogP contribution >= 0.6 is 0 Å². The van der Waals surface area contributed by atoms with Gasteiger partial charge in [0, 0.05) is 36.0 Å². The Morgan fingerprint density at radius 3 is 2.49 bits per heavy atom. The third-order valence-electron chi connectivity index (χ3n) is 6.95. The van der Waals surface area contributed by atoms with Crippen LogP contribution in [-0.2, 0) is 13.0 Å². The van der Waals surface area contributed by atoms with Gasteiger partial charge in [0.25, 0.3) is 0 Å². The number of H-pyrrole nitrogens is 1. The molecule has 1 aliphatic heterocycles. The van der Waals surface area contributed by atoms with E-state index in [2.05, 4.69) is 35.4 Å². The summed E-state index contributed by atoms with van der Waals surface area (Å²) in [6, 6.07) is 20.2. The molecule has 6 nitrogen and oxygen atoms in total. The summed E-state index contributed by atoms with van der Waals surface area (Å²) < 4.78 is 32.9. The predicted molar refractivity (Wildman–Crippen MR) is 148 cm³/mol. The smallest absolute Gasteiger partial charge is 0.351 e. The molecule has 4 aromatic rings. The van der Waals surface area contributed by atoms with Crippen molar-refractivity contribution in [3.8, 4) is 22.5 Å². The molecule has 0 spiro atoms. The topological polar surface area (TPSA) is 74.5 Å². The summed E-state index contributed by atoms with van der Waals surface area (Å²) in [5.74, 6) is -1.87. The monoisotopic (exact) mass is 528 g/mol. The van der Waals surface area contributed by atoms with Gasteiger partial charge in [-0.3, -0.25) is 14.5 Å². The predicted octanol–water partition coefficient (Wildman–Crippen LogP) is 6.89. The average Bonchev–Trinajstić information content (AvgIpc) is 3.38. The van der Waals surface area contributed by atoms with Gasteiger partial charge in [-0.2, -0.15) is 0 Å². The van der Waals surface area contributed by atoms with Gasteiger partial charge in [0.05, 0.1) is 0 Å². The molecule has 1 aromatic heterocycles. The molecule has 1 atom stereocenters. The largest absolute Gasteiger partial charge is 0.439 e. The number of aliphatic imine (C=N–C) groups is 1. The van der Waals surface area contributed by atoms with Crippen LogP contribution in [0.15, 0.2) is 92.8 Å². The van der Waals surface area contributed by atoms with Crippen LogP contribution in [0.2, 0.25) is 0 Å².